The fraction of sp³-hybridized carbons (Fsp3) is 0.294. The second kappa shape index (κ2) is 7.19. The number of hydrogen-bond acceptors (Lipinski definition) is 5. The monoisotopic (exact) mass is 318 g/mol. The molecule has 0 saturated carbocycles. The minimum Gasteiger partial charge on any atom is -0.505 e. The summed E-state index contributed by atoms with van der Waals surface area (Å²) in [5, 5.41) is 19.4. The number of ether oxygens (including phenoxy) is 1. The minimum absolute atomic E-state index is 0.0200. The van der Waals surface area contributed by atoms with Crippen LogP contribution in [0.15, 0.2) is 29.4 Å². The van der Waals surface area contributed by atoms with Gasteiger partial charge in [0.25, 0.3) is 0 Å². The molecule has 0 aliphatic carbocycles. The van der Waals surface area contributed by atoms with Gasteiger partial charge in [0, 0.05) is 23.5 Å². The Hall–Kier alpha value is -2.47. The number of aliphatic imine (C=N–C) groups is 1. The third kappa shape index (κ3) is 3.65. The van der Waals surface area contributed by atoms with Crippen molar-refractivity contribution in [3.8, 4) is 11.5 Å². The molecule has 0 spiro atoms. The largest absolute Gasteiger partial charge is 0.505 e. The first-order valence-electron chi connectivity index (χ1n) is 7.12. The summed E-state index contributed by atoms with van der Waals surface area (Å²) in [6, 6.07) is 4.32. The first-order chi connectivity index (χ1) is 11.0. The Bertz CT molecular complexity index is 732. The Morgan fingerprint density at radius 2 is 2.17 bits per heavy atom. The van der Waals surface area contributed by atoms with Gasteiger partial charge >= 0.3 is 0 Å². The van der Waals surface area contributed by atoms with E-state index < -0.39 is 5.82 Å². The van der Waals surface area contributed by atoms with Gasteiger partial charge in [0.15, 0.2) is 11.6 Å². The van der Waals surface area contributed by atoms with Crippen molar-refractivity contribution >= 4 is 6.21 Å². The van der Waals surface area contributed by atoms with Gasteiger partial charge in [0.1, 0.15) is 5.75 Å². The Balaban J connectivity index is 2.30. The van der Waals surface area contributed by atoms with Crippen molar-refractivity contribution in [1.29, 1.82) is 0 Å². The SMILES string of the molecule is COc1ccc([C@H](C)N=Cc2c(CO)cnc(C)c2O)cc1F. The van der Waals surface area contributed by atoms with E-state index in [1.165, 1.54) is 25.6 Å². The Kier molecular flexibility index (Phi) is 5.28. The number of halogens is 1. The number of methoxy groups -OCH3 is 1. The number of aromatic hydroxyl groups is 1. The lowest BCUT2D eigenvalue weighted by Crippen LogP contribution is -1.99. The highest BCUT2D eigenvalue weighted by Crippen LogP contribution is 2.26. The molecular formula is C17H19FN2O3. The van der Waals surface area contributed by atoms with E-state index in [-0.39, 0.29) is 24.1 Å². The predicted molar refractivity (Wildman–Crippen MR) is 85.5 cm³/mol. The van der Waals surface area contributed by atoms with Crippen molar-refractivity contribution in [3.63, 3.8) is 0 Å². The van der Waals surface area contributed by atoms with Gasteiger partial charge in [-0.2, -0.15) is 0 Å². The molecule has 1 aromatic heterocycles. The van der Waals surface area contributed by atoms with Crippen molar-refractivity contribution in [2.45, 2.75) is 26.5 Å². The van der Waals surface area contributed by atoms with E-state index in [0.717, 1.165) is 0 Å². The van der Waals surface area contributed by atoms with Gasteiger partial charge in [-0.15, -0.1) is 0 Å². The summed E-state index contributed by atoms with van der Waals surface area (Å²) in [7, 11) is 1.41. The maximum Gasteiger partial charge on any atom is 0.165 e. The Labute approximate surface area is 134 Å². The molecule has 0 saturated heterocycles. The molecule has 6 heteroatoms. The topological polar surface area (TPSA) is 74.9 Å². The number of benzene rings is 1. The number of aryl methyl sites for hydroxylation is 1. The van der Waals surface area contributed by atoms with E-state index >= 15 is 0 Å². The second-order valence-electron chi connectivity index (χ2n) is 5.14. The summed E-state index contributed by atoms with van der Waals surface area (Å²) in [6.07, 6.45) is 2.97. The molecule has 2 aromatic rings. The van der Waals surface area contributed by atoms with Gasteiger partial charge in [-0.3, -0.25) is 9.98 Å². The minimum atomic E-state index is -0.453. The molecular weight excluding hydrogens is 299 g/mol. The normalized spacial score (nSPS) is 12.6. The molecule has 0 bridgehead atoms. The molecule has 0 amide bonds. The van der Waals surface area contributed by atoms with Gasteiger partial charge < -0.3 is 14.9 Å². The molecule has 0 aliphatic heterocycles. The van der Waals surface area contributed by atoms with Crippen LogP contribution in [0.4, 0.5) is 4.39 Å². The van der Waals surface area contributed by atoms with E-state index in [1.54, 1.807) is 19.1 Å². The van der Waals surface area contributed by atoms with Crippen LogP contribution in [0.2, 0.25) is 0 Å². The highest BCUT2D eigenvalue weighted by Gasteiger charge is 2.11. The van der Waals surface area contributed by atoms with Gasteiger partial charge in [-0.1, -0.05) is 6.07 Å². The van der Waals surface area contributed by atoms with Crippen LogP contribution in [-0.4, -0.2) is 28.5 Å². The number of aliphatic hydroxyl groups excluding tert-OH is 1. The van der Waals surface area contributed by atoms with Crippen LogP contribution in [0.1, 0.15) is 35.3 Å². The molecule has 0 unspecified atom stereocenters. The predicted octanol–water partition coefficient (Wildman–Crippen LogP) is 2.92. The molecule has 5 nitrogen and oxygen atoms in total. The molecule has 2 N–H and O–H groups in total. The molecule has 23 heavy (non-hydrogen) atoms. The average molecular weight is 318 g/mol. The summed E-state index contributed by atoms with van der Waals surface area (Å²) in [5.41, 5.74) is 2.02. The molecule has 2 rings (SSSR count). The smallest absolute Gasteiger partial charge is 0.165 e. The number of hydrogen-bond donors (Lipinski definition) is 2. The van der Waals surface area contributed by atoms with Crippen LogP contribution >= 0.6 is 0 Å². The van der Waals surface area contributed by atoms with E-state index in [9.17, 15) is 14.6 Å². The van der Waals surface area contributed by atoms with Crippen molar-refractivity contribution < 1.29 is 19.3 Å². The number of pyridine rings is 1. The van der Waals surface area contributed by atoms with Crippen LogP contribution in [-0.2, 0) is 6.61 Å². The van der Waals surface area contributed by atoms with Crippen molar-refractivity contribution in [1.82, 2.24) is 4.98 Å². The maximum atomic E-state index is 13.8. The average Bonchev–Trinajstić information content (AvgIpc) is 2.55. The van der Waals surface area contributed by atoms with Crippen molar-refractivity contribution in [3.05, 3.63) is 52.6 Å². The Morgan fingerprint density at radius 3 is 2.78 bits per heavy atom. The summed E-state index contributed by atoms with van der Waals surface area (Å²) in [6.45, 7) is 3.21. The number of aromatic nitrogens is 1. The number of nitrogens with zero attached hydrogens (tertiary/aromatic N) is 2. The fourth-order valence-electron chi connectivity index (χ4n) is 2.14. The highest BCUT2D eigenvalue weighted by atomic mass is 19.1. The first-order valence-corrected chi connectivity index (χ1v) is 7.12. The third-order valence-electron chi connectivity index (χ3n) is 3.61. The molecule has 1 aromatic carbocycles. The van der Waals surface area contributed by atoms with E-state index in [2.05, 4.69) is 9.98 Å². The zero-order valence-electron chi connectivity index (χ0n) is 13.2. The summed E-state index contributed by atoms with van der Waals surface area (Å²) in [5.74, 6) is -0.297. The van der Waals surface area contributed by atoms with Gasteiger partial charge in [0.05, 0.1) is 25.5 Å². The summed E-state index contributed by atoms with van der Waals surface area (Å²) >= 11 is 0. The zero-order chi connectivity index (χ0) is 17.0. The third-order valence-corrected chi connectivity index (χ3v) is 3.61. The molecule has 1 heterocycles. The number of rotatable bonds is 5. The zero-order valence-corrected chi connectivity index (χ0v) is 13.2. The summed E-state index contributed by atoms with van der Waals surface area (Å²) in [4.78, 5) is 8.33. The van der Waals surface area contributed by atoms with E-state index in [4.69, 9.17) is 4.74 Å². The van der Waals surface area contributed by atoms with Gasteiger partial charge in [-0.05, 0) is 31.5 Å². The maximum absolute atomic E-state index is 13.8. The molecule has 0 fully saturated rings. The molecule has 1 atom stereocenters. The lowest BCUT2D eigenvalue weighted by molar-refractivity contribution is 0.280. The first kappa shape index (κ1) is 16.9. The van der Waals surface area contributed by atoms with Crippen LogP contribution in [0.5, 0.6) is 11.5 Å². The number of aliphatic hydroxyl groups is 1. The standard InChI is InChI=1S/C17H19FN2O3/c1-10(12-4-5-16(23-3)15(18)6-12)20-8-14-13(9-21)7-19-11(2)17(14)22/h4-8,10,21-22H,9H2,1-3H3/t10-/m0/s1. The second-order valence-corrected chi connectivity index (χ2v) is 5.14. The van der Waals surface area contributed by atoms with Gasteiger partial charge in [0.2, 0.25) is 0 Å². The van der Waals surface area contributed by atoms with Crippen LogP contribution in [0, 0.1) is 12.7 Å². The van der Waals surface area contributed by atoms with Crippen molar-refractivity contribution in [2.24, 2.45) is 4.99 Å². The molecule has 0 radical (unpaired) electrons. The van der Waals surface area contributed by atoms with Crippen LogP contribution < -0.4 is 4.74 Å². The Morgan fingerprint density at radius 1 is 1.43 bits per heavy atom. The van der Waals surface area contributed by atoms with E-state index in [1.807, 2.05) is 6.92 Å². The van der Waals surface area contributed by atoms with Gasteiger partial charge in [-0.25, -0.2) is 4.39 Å². The molecule has 122 valence electrons. The van der Waals surface area contributed by atoms with Crippen LogP contribution in [0.25, 0.3) is 0 Å². The quantitative estimate of drug-likeness (QED) is 0.831. The fourth-order valence-corrected chi connectivity index (χ4v) is 2.14. The van der Waals surface area contributed by atoms with Crippen LogP contribution in [0.3, 0.4) is 0 Å². The highest BCUT2D eigenvalue weighted by molar-refractivity contribution is 5.85. The molecule has 0 aliphatic rings. The van der Waals surface area contributed by atoms with Crippen molar-refractivity contribution in [2.75, 3.05) is 7.11 Å². The lowest BCUT2D eigenvalue weighted by Gasteiger charge is -2.10. The van der Waals surface area contributed by atoms with E-state index in [0.29, 0.717) is 22.4 Å². The lowest BCUT2D eigenvalue weighted by atomic mass is 10.1. The summed E-state index contributed by atoms with van der Waals surface area (Å²) < 4.78 is 18.6.